The molecular weight excluding hydrogens is 565 g/mol. The van der Waals surface area contributed by atoms with Crippen LogP contribution in [0.1, 0.15) is 24.8 Å². The number of rotatable bonds is 11. The molecular formula is C23H27Cl2N3O11. The van der Waals surface area contributed by atoms with Gasteiger partial charge in [-0.2, -0.15) is 5.10 Å². The van der Waals surface area contributed by atoms with E-state index in [1.165, 1.54) is 29.5 Å². The summed E-state index contributed by atoms with van der Waals surface area (Å²) in [5, 5.41) is 65.7. The van der Waals surface area contributed by atoms with Crippen LogP contribution < -0.4 is 4.74 Å². The summed E-state index contributed by atoms with van der Waals surface area (Å²) < 4.78 is 17.5. The predicted octanol–water partition coefficient (Wildman–Crippen LogP) is -0.413. The molecule has 1 saturated carbocycles. The Hall–Kier alpha value is -2.72. The number of aliphatic hydroxyl groups is 4. The lowest BCUT2D eigenvalue weighted by atomic mass is 9.88. The number of carboxylic acids is 1. The first kappa shape index (κ1) is 29.3. The highest BCUT2D eigenvalue weighted by Gasteiger charge is 2.58. The van der Waals surface area contributed by atoms with Crippen molar-refractivity contribution < 1.29 is 54.4 Å². The van der Waals surface area contributed by atoms with Crippen LogP contribution in [0.25, 0.3) is 0 Å². The maximum atomic E-state index is 11.7. The van der Waals surface area contributed by atoms with Crippen molar-refractivity contribution >= 4 is 35.1 Å². The normalized spacial score (nSPS) is 27.4. The number of benzene rings is 1. The van der Waals surface area contributed by atoms with Crippen LogP contribution in [0, 0.1) is 0 Å². The van der Waals surface area contributed by atoms with Crippen LogP contribution in [0.2, 0.25) is 5.02 Å². The van der Waals surface area contributed by atoms with Crippen molar-refractivity contribution in [3.8, 4) is 11.5 Å². The number of hydrogen-bond acceptors (Lipinski definition) is 12. The molecule has 1 aliphatic heterocycles. The highest BCUT2D eigenvalue weighted by atomic mass is 35.5. The molecule has 0 radical (unpaired) electrons. The minimum atomic E-state index is -1.80. The van der Waals surface area contributed by atoms with E-state index in [2.05, 4.69) is 10.1 Å². The van der Waals surface area contributed by atoms with E-state index in [1.54, 1.807) is 0 Å². The molecule has 6 atom stereocenters. The maximum absolute atomic E-state index is 11.7. The second-order valence-electron chi connectivity index (χ2n) is 9.53. The van der Waals surface area contributed by atoms with E-state index in [0.29, 0.717) is 12.8 Å². The van der Waals surface area contributed by atoms with Crippen LogP contribution in [0.4, 0.5) is 0 Å². The molecule has 1 unspecified atom stereocenters. The fraction of sp³-hybridized carbons (Fsp3) is 0.565. The van der Waals surface area contributed by atoms with Crippen molar-refractivity contribution in [2.75, 3.05) is 6.61 Å². The van der Waals surface area contributed by atoms with Crippen LogP contribution in [0.3, 0.4) is 0 Å². The molecule has 0 spiro atoms. The smallest absolute Gasteiger partial charge is 0.317 e. The van der Waals surface area contributed by atoms with Gasteiger partial charge in [-0.1, -0.05) is 11.6 Å². The van der Waals surface area contributed by atoms with Crippen molar-refractivity contribution in [3.05, 3.63) is 35.4 Å². The van der Waals surface area contributed by atoms with E-state index in [1.807, 2.05) is 0 Å². The quantitative estimate of drug-likeness (QED) is 0.111. The second kappa shape index (κ2) is 11.4. The number of ether oxygens (including phenoxy) is 3. The number of hydrogen-bond donors (Lipinski definition) is 6. The number of aromatic hydroxyl groups is 1. The first-order valence-electron chi connectivity index (χ1n) is 11.8. The van der Waals surface area contributed by atoms with Crippen molar-refractivity contribution in [2.45, 2.75) is 73.4 Å². The largest absolute Gasteiger partial charge is 0.506 e. The molecule has 2 aliphatic rings. The summed E-state index contributed by atoms with van der Waals surface area (Å²) in [5.41, 5.74) is -1.53. The highest BCUT2D eigenvalue weighted by molar-refractivity contribution is 6.33. The number of alkyl halides is 1. The monoisotopic (exact) mass is 591 g/mol. The zero-order valence-corrected chi connectivity index (χ0v) is 21.8. The van der Waals surface area contributed by atoms with E-state index in [0.717, 1.165) is 0 Å². The van der Waals surface area contributed by atoms with Crippen LogP contribution in [0.15, 0.2) is 24.8 Å². The fourth-order valence-electron chi connectivity index (χ4n) is 4.30. The van der Waals surface area contributed by atoms with E-state index in [4.69, 9.17) is 42.5 Å². The minimum absolute atomic E-state index is 0.0509. The number of nitrogens with zero attached hydrogens (tertiary/aromatic N) is 3. The number of phenols is 1. The molecule has 1 aromatic heterocycles. The minimum Gasteiger partial charge on any atom is -0.506 e. The van der Waals surface area contributed by atoms with E-state index < -0.39 is 66.1 Å². The first-order valence-corrected chi connectivity index (χ1v) is 12.6. The Morgan fingerprint density at radius 1 is 1.21 bits per heavy atom. The van der Waals surface area contributed by atoms with Crippen molar-refractivity contribution in [3.63, 3.8) is 0 Å². The van der Waals surface area contributed by atoms with Crippen LogP contribution >= 0.6 is 23.2 Å². The molecule has 0 bridgehead atoms. The number of esters is 1. The Morgan fingerprint density at radius 2 is 1.92 bits per heavy atom. The molecule has 2 heterocycles. The third-order valence-electron chi connectivity index (χ3n) is 6.68. The number of halogens is 2. The summed E-state index contributed by atoms with van der Waals surface area (Å²) in [4.78, 5) is 25.1. The third-order valence-corrected chi connectivity index (χ3v) is 7.83. The maximum Gasteiger partial charge on any atom is 0.317 e. The van der Waals surface area contributed by atoms with Gasteiger partial charge in [-0.15, -0.1) is 11.6 Å². The third kappa shape index (κ3) is 6.38. The SMILES string of the molecule is O=C(O)CC(=O)OC[C@H]1O[C@@H](Oc2ccc(O)c(Cl)c2CC(O)(Cn2cncn2)C2(Cl)CC2)[C@H](O)[C@@H](O)[C@@H]1O. The Kier molecular flexibility index (Phi) is 8.56. The average Bonchev–Trinajstić information content (AvgIpc) is 3.44. The first-order chi connectivity index (χ1) is 18.3. The number of aliphatic hydroxyl groups excluding tert-OH is 3. The lowest BCUT2D eigenvalue weighted by Gasteiger charge is -2.40. The van der Waals surface area contributed by atoms with E-state index in [-0.39, 0.29) is 35.1 Å². The van der Waals surface area contributed by atoms with Gasteiger partial charge in [-0.3, -0.25) is 9.59 Å². The predicted molar refractivity (Wildman–Crippen MR) is 130 cm³/mol. The van der Waals surface area contributed by atoms with Crippen LogP contribution in [-0.2, 0) is 32.0 Å². The molecule has 14 nitrogen and oxygen atoms in total. The molecule has 16 heteroatoms. The van der Waals surface area contributed by atoms with Crippen molar-refractivity contribution in [2.24, 2.45) is 0 Å². The summed E-state index contributed by atoms with van der Waals surface area (Å²) in [5.74, 6) is -2.91. The Balaban J connectivity index is 1.57. The van der Waals surface area contributed by atoms with Crippen molar-refractivity contribution in [1.29, 1.82) is 0 Å². The Labute approximate surface area is 231 Å². The number of aliphatic carboxylic acids is 1. The van der Waals surface area contributed by atoms with Gasteiger partial charge >= 0.3 is 11.9 Å². The highest BCUT2D eigenvalue weighted by Crippen LogP contribution is 2.54. The van der Waals surface area contributed by atoms with Gasteiger partial charge in [0.25, 0.3) is 0 Å². The summed E-state index contributed by atoms with van der Waals surface area (Å²) in [6.45, 7) is -0.717. The topological polar surface area (TPSA) is 214 Å². The zero-order chi connectivity index (χ0) is 28.5. The zero-order valence-electron chi connectivity index (χ0n) is 20.3. The number of carbonyl (C=O) groups is 2. The number of aromatic nitrogens is 3. The van der Waals surface area contributed by atoms with Gasteiger partial charge in [-0.05, 0) is 25.0 Å². The van der Waals surface area contributed by atoms with E-state index in [9.17, 15) is 35.1 Å². The summed E-state index contributed by atoms with van der Waals surface area (Å²) in [7, 11) is 0. The van der Waals surface area contributed by atoms with Crippen LogP contribution in [-0.4, -0.2) is 105 Å². The Bertz CT molecular complexity index is 1200. The van der Waals surface area contributed by atoms with Crippen LogP contribution in [0.5, 0.6) is 11.5 Å². The van der Waals surface area contributed by atoms with Gasteiger partial charge in [-0.25, -0.2) is 9.67 Å². The second-order valence-corrected chi connectivity index (χ2v) is 10.6. The van der Waals surface area contributed by atoms with Gasteiger partial charge in [0.15, 0.2) is 0 Å². The fourth-order valence-corrected chi connectivity index (χ4v) is 4.74. The molecule has 214 valence electrons. The van der Waals surface area contributed by atoms with Gasteiger partial charge in [0, 0.05) is 12.0 Å². The molecule has 1 aromatic carbocycles. The molecule has 6 N–H and O–H groups in total. The molecule has 39 heavy (non-hydrogen) atoms. The lowest BCUT2D eigenvalue weighted by molar-refractivity contribution is -0.278. The standard InChI is InChI=1S/C23H27Cl2N3O11/c24-17-11(6-23(36,22(25)3-4-22)8-28-10-26-9-27-28)13(2-1-12(17)29)38-21-20(35)19(34)18(33)14(39-21)7-37-16(32)5-15(30)31/h1-2,9-10,14,18-21,29,33-36H,3-8H2,(H,30,31)/t14-,18-,19+,20-,21-,23?/m1/s1. The summed E-state index contributed by atoms with van der Waals surface area (Å²) in [6, 6.07) is 2.51. The molecule has 4 rings (SSSR count). The lowest BCUT2D eigenvalue weighted by Crippen LogP contribution is -2.60. The van der Waals surface area contributed by atoms with E-state index >= 15 is 0 Å². The van der Waals surface area contributed by atoms with Gasteiger partial charge in [0.1, 0.15) is 67.2 Å². The summed E-state index contributed by atoms with van der Waals surface area (Å²) in [6.07, 6.45) is -5.83. The molecule has 1 saturated heterocycles. The molecule has 1 aliphatic carbocycles. The summed E-state index contributed by atoms with van der Waals surface area (Å²) >= 11 is 13.1. The molecule has 0 amide bonds. The van der Waals surface area contributed by atoms with Crippen molar-refractivity contribution in [1.82, 2.24) is 14.8 Å². The molecule has 2 aromatic rings. The van der Waals surface area contributed by atoms with Gasteiger partial charge < -0.3 is 44.8 Å². The number of carbonyl (C=O) groups excluding carboxylic acids is 1. The number of carboxylic acid groups (broad SMARTS) is 1. The van der Waals surface area contributed by atoms with Gasteiger partial charge in [0.2, 0.25) is 6.29 Å². The van der Waals surface area contributed by atoms with Gasteiger partial charge in [0.05, 0.1) is 16.4 Å². The Morgan fingerprint density at radius 3 is 2.54 bits per heavy atom. The average molecular weight is 592 g/mol. The molecule has 2 fully saturated rings. The number of phenolic OH excluding ortho intramolecular Hbond substituents is 1.